The monoisotopic (exact) mass is 432 g/mol. The van der Waals surface area contributed by atoms with Gasteiger partial charge >= 0.3 is 0 Å². The zero-order valence-electron chi connectivity index (χ0n) is 13.9. The van der Waals surface area contributed by atoms with E-state index in [4.69, 9.17) is 19.1 Å². The van der Waals surface area contributed by atoms with Gasteiger partial charge in [0.1, 0.15) is 5.75 Å². The number of rotatable bonds is 9. The third-order valence-corrected chi connectivity index (χ3v) is 4.71. The van der Waals surface area contributed by atoms with Crippen molar-refractivity contribution >= 4 is 40.0 Å². The number of methoxy groups -OCH3 is 1. The number of hydrogen-bond acceptors (Lipinski definition) is 7. The Morgan fingerprint density at radius 3 is 2.96 bits per heavy atom. The molecule has 2 rings (SSSR count). The maximum absolute atomic E-state index is 10.9. The number of halogens is 1. The number of amides is 1. The van der Waals surface area contributed by atoms with E-state index >= 15 is 0 Å². The predicted octanol–water partition coefficient (Wildman–Crippen LogP) is 4.04. The Bertz CT molecular complexity index is 614. The molecule has 0 atom stereocenters. The number of para-hydroxylation sites is 1. The minimum absolute atomic E-state index is 0.338. The Kier molecular flexibility index (Phi) is 8.56. The van der Waals surface area contributed by atoms with Gasteiger partial charge < -0.3 is 9.57 Å². The first-order valence-electron chi connectivity index (χ1n) is 7.91. The second-order valence-electron chi connectivity index (χ2n) is 5.33. The average Bonchev–Trinajstić information content (AvgIpc) is 3.05. The largest absolute Gasteiger partial charge is 0.495 e. The predicted molar refractivity (Wildman–Crippen MR) is 98.2 cm³/mol. The van der Waals surface area contributed by atoms with Crippen LogP contribution in [0.1, 0.15) is 37.7 Å². The van der Waals surface area contributed by atoms with Crippen LogP contribution in [0.5, 0.6) is 5.75 Å². The van der Waals surface area contributed by atoms with Gasteiger partial charge in [-0.2, -0.15) is 4.28 Å². The minimum atomic E-state index is -0.347. The summed E-state index contributed by atoms with van der Waals surface area (Å²) in [6.07, 6.45) is 5.69. The fourth-order valence-corrected chi connectivity index (χ4v) is 3.35. The molecule has 0 saturated carbocycles. The van der Waals surface area contributed by atoms with Crippen molar-refractivity contribution in [2.45, 2.75) is 32.1 Å². The zero-order chi connectivity index (χ0) is 18.1. The van der Waals surface area contributed by atoms with Crippen LogP contribution in [-0.4, -0.2) is 30.0 Å². The number of hydrogen-bond donors (Lipinski definition) is 2. The lowest BCUT2D eigenvalue weighted by Crippen LogP contribution is -2.18. The highest BCUT2D eigenvalue weighted by Gasteiger charge is 2.21. The number of unbranched alkanes of at least 4 members (excludes halogenated alkanes) is 3. The van der Waals surface area contributed by atoms with E-state index in [0.29, 0.717) is 18.1 Å². The molecule has 1 aliphatic heterocycles. The summed E-state index contributed by atoms with van der Waals surface area (Å²) in [5.41, 5.74) is 2.52. The van der Waals surface area contributed by atoms with Crippen LogP contribution >= 0.6 is 28.0 Å². The highest BCUT2D eigenvalue weighted by atomic mass is 79.9. The number of carbonyl (C=O) groups excluding carboxylic acids is 1. The Morgan fingerprint density at radius 1 is 1.40 bits per heavy atom. The van der Waals surface area contributed by atoms with Gasteiger partial charge in [-0.15, -0.1) is 0 Å². The standard InChI is InChI=1S/C16H21BrN2O5S/c1-22-16-12(7-6-8-13(16)17)11-15-23-19(24-25-15)10-5-3-2-4-9-14(20)18-21/h6-8,11,21H,2-5,9-10H2,1H3,(H,18,20)/b15-11-. The Balaban J connectivity index is 1.73. The van der Waals surface area contributed by atoms with Crippen molar-refractivity contribution in [3.63, 3.8) is 0 Å². The number of nitrogens with one attached hydrogen (secondary N) is 1. The molecule has 1 aromatic carbocycles. The average molecular weight is 433 g/mol. The van der Waals surface area contributed by atoms with Crippen LogP contribution in [0.3, 0.4) is 0 Å². The van der Waals surface area contributed by atoms with Crippen LogP contribution in [0.25, 0.3) is 6.08 Å². The fourth-order valence-electron chi connectivity index (χ4n) is 2.26. The molecule has 1 amide bonds. The molecule has 1 fully saturated rings. The lowest BCUT2D eigenvalue weighted by atomic mass is 10.1. The van der Waals surface area contributed by atoms with Crippen LogP contribution < -0.4 is 10.2 Å². The highest BCUT2D eigenvalue weighted by Crippen LogP contribution is 2.35. The normalized spacial score (nSPS) is 16.0. The van der Waals surface area contributed by atoms with Crippen LogP contribution in [0.4, 0.5) is 0 Å². The van der Waals surface area contributed by atoms with Gasteiger partial charge in [-0.3, -0.25) is 10.0 Å². The second-order valence-corrected chi connectivity index (χ2v) is 6.90. The molecule has 0 unspecified atom stereocenters. The molecule has 0 aromatic heterocycles. The molecule has 138 valence electrons. The van der Waals surface area contributed by atoms with E-state index in [1.165, 1.54) is 5.23 Å². The van der Waals surface area contributed by atoms with E-state index in [0.717, 1.165) is 53.5 Å². The van der Waals surface area contributed by atoms with Gasteiger partial charge in [0.2, 0.25) is 11.0 Å². The maximum Gasteiger partial charge on any atom is 0.243 e. The molecule has 1 aromatic rings. The van der Waals surface area contributed by atoms with Crippen LogP contribution in [0.2, 0.25) is 0 Å². The molecule has 1 heterocycles. The number of carbonyl (C=O) groups is 1. The summed E-state index contributed by atoms with van der Waals surface area (Å²) in [6.45, 7) is 0.631. The van der Waals surface area contributed by atoms with E-state index < -0.39 is 0 Å². The molecule has 2 N–H and O–H groups in total. The molecule has 7 nitrogen and oxygen atoms in total. The van der Waals surface area contributed by atoms with Crippen molar-refractivity contribution in [1.82, 2.24) is 10.7 Å². The summed E-state index contributed by atoms with van der Waals surface area (Å²) in [5, 5.41) is 10.5. The van der Waals surface area contributed by atoms with E-state index in [9.17, 15) is 4.79 Å². The van der Waals surface area contributed by atoms with Crippen molar-refractivity contribution in [3.05, 3.63) is 33.3 Å². The number of hydroxylamine groups is 3. The summed E-state index contributed by atoms with van der Waals surface area (Å²) >= 11 is 4.61. The first-order valence-corrected chi connectivity index (χ1v) is 9.44. The molecular weight excluding hydrogens is 412 g/mol. The van der Waals surface area contributed by atoms with Gasteiger partial charge in [-0.05, 0) is 40.1 Å². The van der Waals surface area contributed by atoms with E-state index in [2.05, 4.69) is 15.9 Å². The van der Waals surface area contributed by atoms with Crippen LogP contribution in [0.15, 0.2) is 27.8 Å². The third-order valence-electron chi connectivity index (χ3n) is 3.49. The van der Waals surface area contributed by atoms with Crippen LogP contribution in [0, 0.1) is 0 Å². The summed E-state index contributed by atoms with van der Waals surface area (Å²) in [7, 11) is 1.62. The first-order chi connectivity index (χ1) is 12.1. The molecule has 0 bridgehead atoms. The molecular formula is C16H21BrN2O5S. The van der Waals surface area contributed by atoms with Crippen molar-refractivity contribution < 1.29 is 23.9 Å². The van der Waals surface area contributed by atoms with Crippen molar-refractivity contribution in [1.29, 1.82) is 0 Å². The van der Waals surface area contributed by atoms with Gasteiger partial charge in [0.05, 0.1) is 30.2 Å². The summed E-state index contributed by atoms with van der Waals surface area (Å²) < 4.78 is 11.7. The van der Waals surface area contributed by atoms with E-state index in [-0.39, 0.29) is 5.91 Å². The fraction of sp³-hybridized carbons (Fsp3) is 0.438. The summed E-state index contributed by atoms with van der Waals surface area (Å²) in [6, 6.07) is 5.77. The molecule has 0 aliphatic carbocycles. The van der Waals surface area contributed by atoms with E-state index in [1.807, 2.05) is 24.3 Å². The lowest BCUT2D eigenvalue weighted by Gasteiger charge is -2.10. The molecule has 9 heteroatoms. The quantitative estimate of drug-likeness (QED) is 0.263. The summed E-state index contributed by atoms with van der Waals surface area (Å²) in [4.78, 5) is 16.5. The zero-order valence-corrected chi connectivity index (χ0v) is 16.3. The molecule has 0 radical (unpaired) electrons. The molecule has 1 saturated heterocycles. The summed E-state index contributed by atoms with van der Waals surface area (Å²) in [5.74, 6) is 0.393. The maximum atomic E-state index is 10.9. The van der Waals surface area contributed by atoms with Gasteiger partial charge in [0.25, 0.3) is 0 Å². The molecule has 0 spiro atoms. The van der Waals surface area contributed by atoms with Crippen molar-refractivity contribution in [2.75, 3.05) is 13.7 Å². The second kappa shape index (κ2) is 10.7. The van der Waals surface area contributed by atoms with Crippen molar-refractivity contribution in [2.24, 2.45) is 0 Å². The number of ether oxygens (including phenoxy) is 1. The van der Waals surface area contributed by atoms with Gasteiger partial charge in [0.15, 0.2) is 0 Å². The SMILES string of the molecule is COc1c(Br)cccc1/C=C1/ON(CCCCCCC(=O)NO)OS1. The Labute approximate surface area is 159 Å². The lowest BCUT2D eigenvalue weighted by molar-refractivity contribution is -0.259. The molecule has 1 aliphatic rings. The Morgan fingerprint density at radius 2 is 2.20 bits per heavy atom. The van der Waals surface area contributed by atoms with Gasteiger partial charge in [0, 0.05) is 18.1 Å². The molecule has 25 heavy (non-hydrogen) atoms. The minimum Gasteiger partial charge on any atom is -0.495 e. The third kappa shape index (κ3) is 6.52. The first kappa shape index (κ1) is 20.1. The highest BCUT2D eigenvalue weighted by molar-refractivity contribution is 9.10. The van der Waals surface area contributed by atoms with Gasteiger partial charge in [-0.1, -0.05) is 25.0 Å². The Hall–Kier alpha value is -1.26. The smallest absolute Gasteiger partial charge is 0.243 e. The van der Waals surface area contributed by atoms with Crippen molar-refractivity contribution in [3.8, 4) is 5.75 Å². The van der Waals surface area contributed by atoms with E-state index in [1.54, 1.807) is 12.6 Å². The van der Waals surface area contributed by atoms with Gasteiger partial charge in [-0.25, -0.2) is 5.48 Å². The topological polar surface area (TPSA) is 80.3 Å². The van der Waals surface area contributed by atoms with Crippen LogP contribution in [-0.2, 0) is 13.9 Å². The number of benzene rings is 1. The number of nitrogens with zero attached hydrogens (tertiary/aromatic N) is 1.